The molecule has 1 atom stereocenters. The van der Waals surface area contributed by atoms with Crippen LogP contribution in [0.3, 0.4) is 0 Å². The van der Waals surface area contributed by atoms with Gasteiger partial charge < -0.3 is 0 Å². The zero-order valence-electron chi connectivity index (χ0n) is 10.9. The Bertz CT molecular complexity index is 148. The van der Waals surface area contributed by atoms with Crippen LogP contribution in [0.2, 0.25) is 0 Å². The molecule has 0 nitrogen and oxygen atoms in total. The Morgan fingerprint density at radius 3 is 1.31 bits per heavy atom. The van der Waals surface area contributed by atoms with E-state index >= 15 is 0 Å². The van der Waals surface area contributed by atoms with Crippen LogP contribution in [-0.2, 0) is 0 Å². The topological polar surface area (TPSA) is 0 Å². The summed E-state index contributed by atoms with van der Waals surface area (Å²) < 4.78 is 0. The maximum Gasteiger partial charge on any atom is -0.0252 e. The molecule has 13 heavy (non-hydrogen) atoms. The van der Waals surface area contributed by atoms with Gasteiger partial charge in [-0.25, -0.2) is 0 Å². The second-order valence-electron chi connectivity index (χ2n) is 6.42. The molecule has 0 aliphatic carbocycles. The minimum atomic E-state index is 0.408. The molecule has 0 spiro atoms. The van der Waals surface area contributed by atoms with Gasteiger partial charge in [-0.15, -0.1) is 0 Å². The van der Waals surface area contributed by atoms with Crippen molar-refractivity contribution in [2.24, 2.45) is 22.7 Å². The molecule has 0 heteroatoms. The van der Waals surface area contributed by atoms with Crippen molar-refractivity contribution in [3.05, 3.63) is 0 Å². The average molecular weight is 184 g/mol. The lowest BCUT2D eigenvalue weighted by atomic mass is 9.58. The van der Waals surface area contributed by atoms with Gasteiger partial charge in [-0.1, -0.05) is 55.4 Å². The molecule has 0 unspecified atom stereocenters. The number of hydrogen-bond donors (Lipinski definition) is 0. The molecule has 0 heterocycles. The van der Waals surface area contributed by atoms with Crippen molar-refractivity contribution in [2.75, 3.05) is 0 Å². The van der Waals surface area contributed by atoms with Gasteiger partial charge in [-0.2, -0.15) is 0 Å². The van der Waals surface area contributed by atoms with E-state index in [2.05, 4.69) is 55.4 Å². The van der Waals surface area contributed by atoms with Crippen molar-refractivity contribution in [3.63, 3.8) is 0 Å². The zero-order chi connectivity index (χ0) is 10.9. The minimum absolute atomic E-state index is 0.408. The van der Waals surface area contributed by atoms with Crippen LogP contribution in [0.5, 0.6) is 0 Å². The van der Waals surface area contributed by atoms with E-state index in [4.69, 9.17) is 0 Å². The second-order valence-corrected chi connectivity index (χ2v) is 6.42. The van der Waals surface area contributed by atoms with Gasteiger partial charge in [0.2, 0.25) is 0 Å². The monoisotopic (exact) mass is 184 g/mol. The summed E-state index contributed by atoms with van der Waals surface area (Å²) >= 11 is 0. The van der Waals surface area contributed by atoms with E-state index < -0.39 is 0 Å². The first-order valence-corrected chi connectivity index (χ1v) is 5.61. The summed E-state index contributed by atoms with van der Waals surface area (Å²) in [6.45, 7) is 18.9. The quantitative estimate of drug-likeness (QED) is 0.594. The third-order valence-corrected chi connectivity index (χ3v) is 3.82. The Balaban J connectivity index is 4.74. The molecule has 0 aromatic rings. The first-order chi connectivity index (χ1) is 5.61. The molecule has 0 aliphatic heterocycles. The highest BCUT2D eigenvalue weighted by molar-refractivity contribution is 4.89. The largest absolute Gasteiger partial charge is 0.0628 e. The molecule has 0 aliphatic rings. The third kappa shape index (κ3) is 3.00. The summed E-state index contributed by atoms with van der Waals surface area (Å²) in [7, 11) is 0. The number of hydrogen-bond acceptors (Lipinski definition) is 0. The maximum absolute atomic E-state index is 2.44. The lowest BCUT2D eigenvalue weighted by molar-refractivity contribution is 0.0280. The van der Waals surface area contributed by atoms with Crippen LogP contribution in [0, 0.1) is 22.7 Å². The lowest BCUT2D eigenvalue weighted by Crippen LogP contribution is -2.38. The van der Waals surface area contributed by atoms with Crippen LogP contribution in [0.4, 0.5) is 0 Å². The summed E-state index contributed by atoms with van der Waals surface area (Å²) in [5.74, 6) is 1.56. The Labute approximate surface area is 85.1 Å². The van der Waals surface area contributed by atoms with Gasteiger partial charge in [0.25, 0.3) is 0 Å². The normalized spacial score (nSPS) is 18.0. The van der Waals surface area contributed by atoms with Crippen LogP contribution in [0.1, 0.15) is 61.8 Å². The van der Waals surface area contributed by atoms with Crippen LogP contribution in [0.25, 0.3) is 0 Å². The molecule has 0 N–H and O–H groups in total. The van der Waals surface area contributed by atoms with Gasteiger partial charge in [-0.05, 0) is 29.1 Å². The van der Waals surface area contributed by atoms with E-state index in [0.717, 1.165) is 11.8 Å². The van der Waals surface area contributed by atoms with E-state index in [1.165, 1.54) is 6.42 Å². The Kier molecular flexibility index (Phi) is 4.02. The lowest BCUT2D eigenvalue weighted by Gasteiger charge is -2.47. The van der Waals surface area contributed by atoms with Crippen LogP contribution < -0.4 is 0 Å². The second kappa shape index (κ2) is 4.02. The highest BCUT2D eigenvalue weighted by Gasteiger charge is 2.40. The zero-order valence-corrected chi connectivity index (χ0v) is 10.9. The van der Waals surface area contributed by atoms with Crippen molar-refractivity contribution >= 4 is 0 Å². The van der Waals surface area contributed by atoms with Crippen molar-refractivity contribution in [3.8, 4) is 0 Å². The third-order valence-electron chi connectivity index (χ3n) is 3.82. The Hall–Kier alpha value is 0. The van der Waals surface area contributed by atoms with Crippen molar-refractivity contribution in [2.45, 2.75) is 61.8 Å². The smallest absolute Gasteiger partial charge is 0.0252 e. The Morgan fingerprint density at radius 2 is 1.23 bits per heavy atom. The van der Waals surface area contributed by atoms with Gasteiger partial charge >= 0.3 is 0 Å². The van der Waals surface area contributed by atoms with Gasteiger partial charge in [0, 0.05) is 0 Å². The van der Waals surface area contributed by atoms with E-state index in [1.54, 1.807) is 0 Å². The molecule has 0 aromatic carbocycles. The molecule has 0 fully saturated rings. The SMILES string of the molecule is CC(C)C[C@](C)(C(C)C)C(C)(C)C. The standard InChI is InChI=1S/C13H28/c1-10(2)9-13(8,11(3)4)12(5,6)7/h10-11H,9H2,1-8H3/t13-/m1/s1. The Morgan fingerprint density at radius 1 is 0.846 bits per heavy atom. The van der Waals surface area contributed by atoms with E-state index in [1.807, 2.05) is 0 Å². The fourth-order valence-electron chi connectivity index (χ4n) is 2.26. The van der Waals surface area contributed by atoms with Crippen LogP contribution in [-0.4, -0.2) is 0 Å². The summed E-state index contributed by atoms with van der Waals surface area (Å²) in [4.78, 5) is 0. The molecular formula is C13H28. The fraction of sp³-hybridized carbons (Fsp3) is 1.00. The van der Waals surface area contributed by atoms with E-state index in [0.29, 0.717) is 10.8 Å². The van der Waals surface area contributed by atoms with Gasteiger partial charge in [0.15, 0.2) is 0 Å². The summed E-state index contributed by atoms with van der Waals surface area (Å²) in [6, 6.07) is 0. The highest BCUT2D eigenvalue weighted by Crippen LogP contribution is 2.48. The average Bonchev–Trinajstić information content (AvgIpc) is 1.82. The highest BCUT2D eigenvalue weighted by atomic mass is 14.4. The van der Waals surface area contributed by atoms with Gasteiger partial charge in [0.05, 0.1) is 0 Å². The first kappa shape index (κ1) is 13.0. The minimum Gasteiger partial charge on any atom is -0.0628 e. The van der Waals surface area contributed by atoms with E-state index in [9.17, 15) is 0 Å². The summed E-state index contributed by atoms with van der Waals surface area (Å²) in [5, 5.41) is 0. The summed E-state index contributed by atoms with van der Waals surface area (Å²) in [5.41, 5.74) is 0.868. The molecule has 0 saturated heterocycles. The first-order valence-electron chi connectivity index (χ1n) is 5.61. The van der Waals surface area contributed by atoms with Crippen molar-refractivity contribution in [1.82, 2.24) is 0 Å². The van der Waals surface area contributed by atoms with Crippen molar-refractivity contribution < 1.29 is 0 Å². The van der Waals surface area contributed by atoms with E-state index in [-0.39, 0.29) is 0 Å². The molecule has 0 rings (SSSR count). The predicted octanol–water partition coefficient (Wildman–Crippen LogP) is 4.74. The molecule has 0 aromatic heterocycles. The molecule has 80 valence electrons. The van der Waals surface area contributed by atoms with Crippen molar-refractivity contribution in [1.29, 1.82) is 0 Å². The van der Waals surface area contributed by atoms with Gasteiger partial charge in [0.1, 0.15) is 0 Å². The van der Waals surface area contributed by atoms with Gasteiger partial charge in [-0.3, -0.25) is 0 Å². The molecular weight excluding hydrogens is 156 g/mol. The van der Waals surface area contributed by atoms with Crippen LogP contribution in [0.15, 0.2) is 0 Å². The van der Waals surface area contributed by atoms with Crippen LogP contribution >= 0.6 is 0 Å². The molecule has 0 saturated carbocycles. The fourth-order valence-corrected chi connectivity index (χ4v) is 2.26. The summed E-state index contributed by atoms with van der Waals surface area (Å²) in [6.07, 6.45) is 1.33. The number of rotatable bonds is 3. The maximum atomic E-state index is 2.44. The predicted molar refractivity (Wildman–Crippen MR) is 61.9 cm³/mol. The molecule has 0 radical (unpaired) electrons. The molecule has 0 amide bonds. The molecule has 0 bridgehead atoms.